The average Bonchev–Trinajstić information content (AvgIpc) is 2.28. The molecule has 0 bridgehead atoms. The van der Waals surface area contributed by atoms with Crippen LogP contribution < -0.4 is 0 Å². The molecular weight excluding hydrogens is 169 g/mol. The number of likely N-dealkylation sites (N-methyl/N-ethyl adjacent to an activating group) is 1. The summed E-state index contributed by atoms with van der Waals surface area (Å²) in [6, 6.07) is 0.248. The Bertz CT molecular complexity index is 163. The summed E-state index contributed by atoms with van der Waals surface area (Å²) in [6.45, 7) is 6.60. The number of hydrogen-bond acceptors (Lipinski definition) is 2. The van der Waals surface area contributed by atoms with Gasteiger partial charge in [-0.25, -0.2) is 4.39 Å². The molecule has 13 heavy (non-hydrogen) atoms. The molecule has 2 nitrogen and oxygen atoms in total. The Balaban J connectivity index is 2.42. The van der Waals surface area contributed by atoms with Crippen LogP contribution in [0, 0.1) is 0 Å². The van der Waals surface area contributed by atoms with Crippen molar-refractivity contribution in [2.24, 2.45) is 0 Å². The van der Waals surface area contributed by atoms with E-state index in [0.29, 0.717) is 13.0 Å². The van der Waals surface area contributed by atoms with Crippen molar-refractivity contribution in [3.8, 4) is 0 Å². The van der Waals surface area contributed by atoms with Crippen molar-refractivity contribution in [1.82, 2.24) is 4.90 Å². The van der Waals surface area contributed by atoms with Gasteiger partial charge in [0.15, 0.2) is 0 Å². The molecule has 1 aliphatic rings. The van der Waals surface area contributed by atoms with E-state index in [2.05, 4.69) is 4.90 Å². The Morgan fingerprint density at radius 1 is 1.38 bits per heavy atom. The third-order valence-electron chi connectivity index (χ3n) is 2.58. The van der Waals surface area contributed by atoms with Gasteiger partial charge in [0.25, 0.3) is 0 Å². The van der Waals surface area contributed by atoms with Crippen LogP contribution in [0.2, 0.25) is 0 Å². The highest BCUT2D eigenvalue weighted by Crippen LogP contribution is 2.23. The van der Waals surface area contributed by atoms with Gasteiger partial charge < -0.3 is 4.74 Å². The Labute approximate surface area is 80.1 Å². The minimum absolute atomic E-state index is 0.130. The molecule has 0 spiro atoms. The number of rotatable bonds is 3. The summed E-state index contributed by atoms with van der Waals surface area (Å²) in [5, 5.41) is 0. The van der Waals surface area contributed by atoms with Crippen molar-refractivity contribution in [2.75, 3.05) is 13.6 Å². The van der Waals surface area contributed by atoms with E-state index in [1.165, 1.54) is 0 Å². The second kappa shape index (κ2) is 4.38. The van der Waals surface area contributed by atoms with Gasteiger partial charge in [-0.05, 0) is 34.2 Å². The Kier molecular flexibility index (Phi) is 3.68. The lowest BCUT2D eigenvalue weighted by atomic mass is 10.1. The van der Waals surface area contributed by atoms with Crippen molar-refractivity contribution < 1.29 is 9.13 Å². The van der Waals surface area contributed by atoms with Crippen LogP contribution in [-0.4, -0.2) is 42.9 Å². The first-order chi connectivity index (χ1) is 6.00. The van der Waals surface area contributed by atoms with Crippen molar-refractivity contribution in [1.29, 1.82) is 0 Å². The highest BCUT2D eigenvalue weighted by Gasteiger charge is 2.33. The van der Waals surface area contributed by atoms with Crippen LogP contribution in [0.15, 0.2) is 0 Å². The van der Waals surface area contributed by atoms with Crippen molar-refractivity contribution in [3.63, 3.8) is 0 Å². The number of ether oxygens (including phenoxy) is 1. The van der Waals surface area contributed by atoms with Gasteiger partial charge in [-0.3, -0.25) is 4.90 Å². The molecule has 3 atom stereocenters. The molecule has 1 rings (SSSR count). The maximum Gasteiger partial charge on any atom is 0.114 e. The lowest BCUT2D eigenvalue weighted by molar-refractivity contribution is -0.0203. The van der Waals surface area contributed by atoms with E-state index in [1.807, 2.05) is 27.8 Å². The third kappa shape index (κ3) is 2.92. The maximum atomic E-state index is 13.0. The number of likely N-dealkylation sites (tertiary alicyclic amines) is 1. The van der Waals surface area contributed by atoms with E-state index >= 15 is 0 Å². The zero-order chi connectivity index (χ0) is 10.0. The smallest absolute Gasteiger partial charge is 0.114 e. The SMILES string of the molecule is CC(C)OC(C)[C@@H]1C[C@@H](F)CN1C. The maximum absolute atomic E-state index is 13.0. The van der Waals surface area contributed by atoms with E-state index < -0.39 is 6.17 Å². The first kappa shape index (κ1) is 10.9. The summed E-state index contributed by atoms with van der Waals surface area (Å²) in [5.74, 6) is 0. The van der Waals surface area contributed by atoms with E-state index in [-0.39, 0.29) is 18.2 Å². The van der Waals surface area contributed by atoms with Crippen molar-refractivity contribution in [3.05, 3.63) is 0 Å². The predicted molar refractivity (Wildman–Crippen MR) is 51.6 cm³/mol. The molecule has 0 aromatic rings. The zero-order valence-electron chi connectivity index (χ0n) is 8.96. The lowest BCUT2D eigenvalue weighted by Crippen LogP contribution is -2.37. The molecule has 78 valence electrons. The molecule has 0 aromatic carbocycles. The summed E-state index contributed by atoms with van der Waals surface area (Å²) in [4.78, 5) is 2.05. The van der Waals surface area contributed by atoms with Crippen LogP contribution in [0.1, 0.15) is 27.2 Å². The van der Waals surface area contributed by atoms with Crippen LogP contribution >= 0.6 is 0 Å². The van der Waals surface area contributed by atoms with E-state index in [1.54, 1.807) is 0 Å². The Morgan fingerprint density at radius 2 is 2.00 bits per heavy atom. The number of halogens is 1. The predicted octanol–water partition coefficient (Wildman–Crippen LogP) is 1.84. The van der Waals surface area contributed by atoms with E-state index in [4.69, 9.17) is 4.74 Å². The molecule has 1 fully saturated rings. The normalized spacial score (nSPS) is 32.8. The fourth-order valence-corrected chi connectivity index (χ4v) is 2.03. The topological polar surface area (TPSA) is 12.5 Å². The number of hydrogen-bond donors (Lipinski definition) is 0. The molecule has 0 aromatic heterocycles. The number of nitrogens with zero attached hydrogens (tertiary/aromatic N) is 1. The molecule has 3 heteroatoms. The summed E-state index contributed by atoms with van der Waals surface area (Å²) in [6.07, 6.45) is 0.297. The van der Waals surface area contributed by atoms with Crippen LogP contribution in [0.25, 0.3) is 0 Å². The Morgan fingerprint density at radius 3 is 2.38 bits per heavy atom. The fraction of sp³-hybridized carbons (Fsp3) is 1.00. The molecule has 1 saturated heterocycles. The molecule has 0 radical (unpaired) electrons. The Hall–Kier alpha value is -0.150. The molecule has 1 unspecified atom stereocenters. The molecule has 0 aliphatic carbocycles. The standard InChI is InChI=1S/C10H20FNO/c1-7(2)13-8(3)10-5-9(11)6-12(10)4/h7-10H,5-6H2,1-4H3/t8?,9-,10+/m1/s1. The van der Waals surface area contributed by atoms with Crippen molar-refractivity contribution >= 4 is 0 Å². The van der Waals surface area contributed by atoms with E-state index in [0.717, 1.165) is 0 Å². The fourth-order valence-electron chi connectivity index (χ4n) is 2.03. The van der Waals surface area contributed by atoms with Gasteiger partial charge in [-0.15, -0.1) is 0 Å². The molecule has 1 aliphatic heterocycles. The van der Waals surface area contributed by atoms with Gasteiger partial charge >= 0.3 is 0 Å². The second-order valence-corrected chi connectivity index (χ2v) is 4.23. The monoisotopic (exact) mass is 189 g/mol. The largest absolute Gasteiger partial charge is 0.374 e. The quantitative estimate of drug-likeness (QED) is 0.671. The zero-order valence-corrected chi connectivity index (χ0v) is 8.96. The van der Waals surface area contributed by atoms with Gasteiger partial charge in [0.1, 0.15) is 6.17 Å². The van der Waals surface area contributed by atoms with E-state index in [9.17, 15) is 4.39 Å². The molecule has 0 N–H and O–H groups in total. The molecular formula is C10H20FNO. The summed E-state index contributed by atoms with van der Waals surface area (Å²) in [7, 11) is 1.96. The van der Waals surface area contributed by atoms with Crippen LogP contribution in [0.4, 0.5) is 4.39 Å². The van der Waals surface area contributed by atoms with Gasteiger partial charge in [0, 0.05) is 12.6 Å². The van der Waals surface area contributed by atoms with Gasteiger partial charge in [-0.2, -0.15) is 0 Å². The summed E-state index contributed by atoms with van der Waals surface area (Å²) in [5.41, 5.74) is 0. The molecule has 1 heterocycles. The highest BCUT2D eigenvalue weighted by molar-refractivity contribution is 4.87. The first-order valence-corrected chi connectivity index (χ1v) is 5.00. The molecule has 0 saturated carbocycles. The van der Waals surface area contributed by atoms with Gasteiger partial charge in [0.2, 0.25) is 0 Å². The van der Waals surface area contributed by atoms with Crippen molar-refractivity contribution in [2.45, 2.75) is 51.6 Å². The van der Waals surface area contributed by atoms with Crippen LogP contribution in [0.5, 0.6) is 0 Å². The minimum Gasteiger partial charge on any atom is -0.374 e. The third-order valence-corrected chi connectivity index (χ3v) is 2.58. The summed E-state index contributed by atoms with van der Waals surface area (Å²) < 4.78 is 18.7. The highest BCUT2D eigenvalue weighted by atomic mass is 19.1. The van der Waals surface area contributed by atoms with Gasteiger partial charge in [0.05, 0.1) is 12.2 Å². The van der Waals surface area contributed by atoms with Crippen LogP contribution in [-0.2, 0) is 4.74 Å². The average molecular weight is 189 g/mol. The first-order valence-electron chi connectivity index (χ1n) is 5.00. The second-order valence-electron chi connectivity index (χ2n) is 4.23. The minimum atomic E-state index is -0.673. The lowest BCUT2D eigenvalue weighted by Gasteiger charge is -2.27. The van der Waals surface area contributed by atoms with Gasteiger partial charge in [-0.1, -0.05) is 0 Å². The summed E-state index contributed by atoms with van der Waals surface area (Å²) >= 11 is 0. The number of alkyl halides is 1. The molecule has 0 amide bonds. The van der Waals surface area contributed by atoms with Crippen LogP contribution in [0.3, 0.4) is 0 Å².